The summed E-state index contributed by atoms with van der Waals surface area (Å²) in [6.07, 6.45) is 0. The normalized spacial score (nSPS) is 13.8. The van der Waals surface area contributed by atoms with Gasteiger partial charge in [0.25, 0.3) is 0 Å². The first-order chi connectivity index (χ1) is 8.51. The summed E-state index contributed by atoms with van der Waals surface area (Å²) in [7, 11) is 3.44. The summed E-state index contributed by atoms with van der Waals surface area (Å²) in [4.78, 5) is 13.8. The van der Waals surface area contributed by atoms with Gasteiger partial charge in [-0.1, -0.05) is 19.1 Å². The van der Waals surface area contributed by atoms with Crippen LogP contribution in [0.5, 0.6) is 5.75 Å². The highest BCUT2D eigenvalue weighted by atomic mass is 16.5. The van der Waals surface area contributed by atoms with Gasteiger partial charge in [0.05, 0.1) is 13.2 Å². The molecule has 1 aromatic rings. The minimum Gasteiger partial charge on any atom is -0.497 e. The molecule has 0 fully saturated rings. The average Bonchev–Trinajstić information content (AvgIpc) is 2.44. The van der Waals surface area contributed by atoms with Crippen LogP contribution < -0.4 is 10.5 Å². The number of carbonyl (C=O) groups is 1. The number of methoxy groups -OCH3 is 1. The molecular weight excluding hydrogens is 228 g/mol. The summed E-state index contributed by atoms with van der Waals surface area (Å²) < 4.78 is 5.12. The van der Waals surface area contributed by atoms with Crippen molar-refractivity contribution >= 4 is 5.91 Å². The quantitative estimate of drug-likeness (QED) is 0.867. The zero-order chi connectivity index (χ0) is 13.7. The van der Waals surface area contributed by atoms with Crippen molar-refractivity contribution in [2.75, 3.05) is 20.7 Å². The van der Waals surface area contributed by atoms with Gasteiger partial charge in [-0.15, -0.1) is 0 Å². The van der Waals surface area contributed by atoms with Crippen molar-refractivity contribution < 1.29 is 9.53 Å². The van der Waals surface area contributed by atoms with Gasteiger partial charge in [0.1, 0.15) is 5.75 Å². The van der Waals surface area contributed by atoms with E-state index in [1.807, 2.05) is 45.2 Å². The van der Waals surface area contributed by atoms with E-state index in [4.69, 9.17) is 10.5 Å². The highest BCUT2D eigenvalue weighted by molar-refractivity contribution is 5.78. The lowest BCUT2D eigenvalue weighted by Crippen LogP contribution is -2.36. The summed E-state index contributed by atoms with van der Waals surface area (Å²) in [6, 6.07) is 7.77. The molecule has 100 valence electrons. The van der Waals surface area contributed by atoms with E-state index in [-0.39, 0.29) is 17.9 Å². The van der Waals surface area contributed by atoms with E-state index in [1.54, 1.807) is 12.0 Å². The molecule has 0 aromatic heterocycles. The molecule has 0 aliphatic carbocycles. The zero-order valence-electron chi connectivity index (χ0n) is 11.5. The molecule has 0 bridgehead atoms. The largest absolute Gasteiger partial charge is 0.497 e. The smallest absolute Gasteiger partial charge is 0.226 e. The van der Waals surface area contributed by atoms with Crippen LogP contribution >= 0.6 is 0 Å². The molecule has 0 heterocycles. The number of nitrogens with two attached hydrogens (primary N) is 1. The highest BCUT2D eigenvalue weighted by Crippen LogP contribution is 2.22. The second kappa shape index (κ2) is 6.40. The van der Waals surface area contributed by atoms with Crippen molar-refractivity contribution in [3.63, 3.8) is 0 Å². The van der Waals surface area contributed by atoms with Crippen LogP contribution in [0.15, 0.2) is 24.3 Å². The predicted molar refractivity (Wildman–Crippen MR) is 72.4 cm³/mol. The lowest BCUT2D eigenvalue weighted by Gasteiger charge is -2.27. The number of rotatable bonds is 5. The Labute approximate surface area is 109 Å². The number of ether oxygens (including phenoxy) is 1. The van der Waals surface area contributed by atoms with Crippen LogP contribution in [0.25, 0.3) is 0 Å². The van der Waals surface area contributed by atoms with Gasteiger partial charge in [0.15, 0.2) is 0 Å². The Morgan fingerprint density at radius 3 is 2.33 bits per heavy atom. The Morgan fingerprint density at radius 1 is 1.33 bits per heavy atom. The van der Waals surface area contributed by atoms with Crippen molar-refractivity contribution in [2.24, 2.45) is 11.7 Å². The fourth-order valence-electron chi connectivity index (χ4n) is 1.75. The molecule has 1 amide bonds. The SMILES string of the molecule is COc1ccc(C(C)N(C)C(=O)C(C)CN)cc1. The van der Waals surface area contributed by atoms with Gasteiger partial charge in [-0.05, 0) is 24.6 Å². The van der Waals surface area contributed by atoms with Crippen LogP contribution in [0.4, 0.5) is 0 Å². The molecule has 0 spiro atoms. The topological polar surface area (TPSA) is 55.6 Å². The Morgan fingerprint density at radius 2 is 1.89 bits per heavy atom. The second-order valence-corrected chi connectivity index (χ2v) is 4.54. The minimum absolute atomic E-state index is 0.0254. The van der Waals surface area contributed by atoms with E-state index in [2.05, 4.69) is 0 Å². The Bertz CT molecular complexity index is 389. The number of benzene rings is 1. The highest BCUT2D eigenvalue weighted by Gasteiger charge is 2.21. The fraction of sp³-hybridized carbons (Fsp3) is 0.500. The molecule has 1 rings (SSSR count). The molecule has 18 heavy (non-hydrogen) atoms. The summed E-state index contributed by atoms with van der Waals surface area (Å²) >= 11 is 0. The molecule has 0 aliphatic rings. The molecule has 2 N–H and O–H groups in total. The van der Waals surface area contributed by atoms with E-state index >= 15 is 0 Å². The Balaban J connectivity index is 2.79. The van der Waals surface area contributed by atoms with Crippen LogP contribution in [-0.4, -0.2) is 31.5 Å². The van der Waals surface area contributed by atoms with E-state index < -0.39 is 0 Å². The monoisotopic (exact) mass is 250 g/mol. The third-order valence-electron chi connectivity index (χ3n) is 3.30. The maximum absolute atomic E-state index is 12.0. The van der Waals surface area contributed by atoms with Crippen molar-refractivity contribution in [1.29, 1.82) is 0 Å². The van der Waals surface area contributed by atoms with Crippen molar-refractivity contribution in [2.45, 2.75) is 19.9 Å². The van der Waals surface area contributed by atoms with Crippen LogP contribution in [0, 0.1) is 5.92 Å². The average molecular weight is 250 g/mol. The summed E-state index contributed by atoms with van der Waals surface area (Å²) in [5.41, 5.74) is 6.60. The molecular formula is C14H22N2O2. The lowest BCUT2D eigenvalue weighted by molar-refractivity contribution is -0.135. The molecule has 0 aliphatic heterocycles. The van der Waals surface area contributed by atoms with Gasteiger partial charge in [0.2, 0.25) is 5.91 Å². The maximum Gasteiger partial charge on any atom is 0.226 e. The van der Waals surface area contributed by atoms with Crippen LogP contribution in [0.2, 0.25) is 0 Å². The first-order valence-corrected chi connectivity index (χ1v) is 6.12. The third-order valence-corrected chi connectivity index (χ3v) is 3.30. The van der Waals surface area contributed by atoms with Crippen molar-refractivity contribution in [1.82, 2.24) is 4.90 Å². The van der Waals surface area contributed by atoms with Crippen LogP contribution in [0.1, 0.15) is 25.5 Å². The summed E-state index contributed by atoms with van der Waals surface area (Å²) in [6.45, 7) is 4.22. The summed E-state index contributed by atoms with van der Waals surface area (Å²) in [5, 5.41) is 0. The summed E-state index contributed by atoms with van der Waals surface area (Å²) in [5.74, 6) is 0.742. The van der Waals surface area contributed by atoms with Crippen molar-refractivity contribution in [3.8, 4) is 5.75 Å². The van der Waals surface area contributed by atoms with Gasteiger partial charge in [0, 0.05) is 19.5 Å². The van der Waals surface area contributed by atoms with Crippen LogP contribution in [0.3, 0.4) is 0 Å². The van der Waals surface area contributed by atoms with Gasteiger partial charge < -0.3 is 15.4 Å². The second-order valence-electron chi connectivity index (χ2n) is 4.54. The number of nitrogens with zero attached hydrogens (tertiary/aromatic N) is 1. The maximum atomic E-state index is 12.0. The molecule has 0 radical (unpaired) electrons. The van der Waals surface area contributed by atoms with Gasteiger partial charge in [-0.25, -0.2) is 0 Å². The van der Waals surface area contributed by atoms with E-state index in [0.717, 1.165) is 11.3 Å². The molecule has 2 unspecified atom stereocenters. The van der Waals surface area contributed by atoms with E-state index in [1.165, 1.54) is 0 Å². The first-order valence-electron chi connectivity index (χ1n) is 6.12. The Hall–Kier alpha value is -1.55. The Kier molecular flexibility index (Phi) is 5.16. The zero-order valence-corrected chi connectivity index (χ0v) is 11.5. The lowest BCUT2D eigenvalue weighted by atomic mass is 10.0. The molecule has 0 saturated carbocycles. The minimum atomic E-state index is -0.143. The number of hydrogen-bond donors (Lipinski definition) is 1. The van der Waals surface area contributed by atoms with Gasteiger partial charge in [-0.2, -0.15) is 0 Å². The van der Waals surface area contributed by atoms with Crippen LogP contribution in [-0.2, 0) is 4.79 Å². The number of carbonyl (C=O) groups excluding carboxylic acids is 1. The van der Waals surface area contributed by atoms with E-state index in [9.17, 15) is 4.79 Å². The molecule has 2 atom stereocenters. The molecule has 4 nitrogen and oxygen atoms in total. The molecule has 4 heteroatoms. The van der Waals surface area contributed by atoms with E-state index in [0.29, 0.717) is 6.54 Å². The third kappa shape index (κ3) is 3.23. The predicted octanol–water partition coefficient (Wildman–Crippen LogP) is 1.81. The van der Waals surface area contributed by atoms with Crippen molar-refractivity contribution in [3.05, 3.63) is 29.8 Å². The van der Waals surface area contributed by atoms with Gasteiger partial charge >= 0.3 is 0 Å². The number of hydrogen-bond acceptors (Lipinski definition) is 3. The number of amides is 1. The molecule has 1 aromatic carbocycles. The fourth-order valence-corrected chi connectivity index (χ4v) is 1.75. The first kappa shape index (κ1) is 14.5. The molecule has 0 saturated heterocycles. The standard InChI is InChI=1S/C14H22N2O2/c1-10(9-15)14(17)16(3)11(2)12-5-7-13(18-4)8-6-12/h5-8,10-11H,9,15H2,1-4H3. The van der Waals surface area contributed by atoms with Gasteiger partial charge in [-0.3, -0.25) is 4.79 Å².